The molecule has 0 bridgehead atoms. The molecule has 3 aliphatic rings. The molecule has 0 saturated carbocycles. The molecular formula is C20H19F2N5. The molecule has 1 aromatic carbocycles. The Kier molecular flexibility index (Phi) is 3.17. The lowest BCUT2D eigenvalue weighted by molar-refractivity contribution is 0.512. The summed E-state index contributed by atoms with van der Waals surface area (Å²) in [6.45, 7) is 5.59. The van der Waals surface area contributed by atoms with Crippen LogP contribution in [0.5, 0.6) is 0 Å². The Morgan fingerprint density at radius 2 is 1.93 bits per heavy atom. The highest BCUT2D eigenvalue weighted by molar-refractivity contribution is 5.79. The number of hydrogen-bond acceptors (Lipinski definition) is 4. The molecule has 27 heavy (non-hydrogen) atoms. The third kappa shape index (κ3) is 2.14. The molecule has 1 aromatic heterocycles. The quantitative estimate of drug-likeness (QED) is 0.809. The van der Waals surface area contributed by atoms with E-state index in [4.69, 9.17) is 0 Å². The number of allylic oxidation sites excluding steroid dienone is 2. The fourth-order valence-electron chi connectivity index (χ4n) is 4.20. The van der Waals surface area contributed by atoms with Gasteiger partial charge in [-0.15, -0.1) is 10.2 Å². The van der Waals surface area contributed by atoms with Crippen molar-refractivity contribution in [2.24, 2.45) is 5.92 Å². The first-order chi connectivity index (χ1) is 12.9. The first-order valence-electron chi connectivity index (χ1n) is 8.93. The van der Waals surface area contributed by atoms with Crippen LogP contribution < -0.4 is 10.6 Å². The normalized spacial score (nSPS) is 23.8. The maximum Gasteiger partial charge on any atom is 0.162 e. The van der Waals surface area contributed by atoms with Gasteiger partial charge in [0.2, 0.25) is 0 Å². The van der Waals surface area contributed by atoms with Crippen molar-refractivity contribution in [2.75, 3.05) is 5.32 Å². The highest BCUT2D eigenvalue weighted by atomic mass is 19.1. The lowest BCUT2D eigenvalue weighted by Crippen LogP contribution is -2.36. The maximum atomic E-state index is 15.7. The predicted molar refractivity (Wildman–Crippen MR) is 99.3 cm³/mol. The zero-order valence-electron chi connectivity index (χ0n) is 15.2. The van der Waals surface area contributed by atoms with Crippen LogP contribution >= 0.6 is 0 Å². The van der Waals surface area contributed by atoms with Crippen LogP contribution in [-0.4, -0.2) is 20.8 Å². The number of nitrogens with zero attached hydrogens (tertiary/aromatic N) is 3. The minimum absolute atomic E-state index is 0.00532. The van der Waals surface area contributed by atoms with E-state index >= 15 is 8.78 Å². The van der Waals surface area contributed by atoms with E-state index in [2.05, 4.69) is 20.8 Å². The number of fused-ring (bicyclic) bond motifs is 4. The second kappa shape index (κ2) is 5.28. The summed E-state index contributed by atoms with van der Waals surface area (Å²) in [4.78, 5) is 0. The average Bonchev–Trinajstić information content (AvgIpc) is 3.20. The first kappa shape index (κ1) is 16.2. The van der Waals surface area contributed by atoms with E-state index in [9.17, 15) is 0 Å². The lowest BCUT2D eigenvalue weighted by Gasteiger charge is -2.34. The van der Waals surface area contributed by atoms with Crippen LogP contribution in [0, 0.1) is 24.5 Å². The molecule has 3 heterocycles. The van der Waals surface area contributed by atoms with Gasteiger partial charge < -0.3 is 10.6 Å². The Hall–Kier alpha value is -2.96. The van der Waals surface area contributed by atoms with Gasteiger partial charge in [0, 0.05) is 12.1 Å². The molecule has 2 aromatic rings. The van der Waals surface area contributed by atoms with Crippen LogP contribution in [0.15, 0.2) is 36.6 Å². The van der Waals surface area contributed by atoms with Gasteiger partial charge in [0.25, 0.3) is 0 Å². The van der Waals surface area contributed by atoms with Gasteiger partial charge >= 0.3 is 0 Å². The molecular weight excluding hydrogens is 348 g/mol. The molecule has 2 aliphatic heterocycles. The zero-order chi connectivity index (χ0) is 18.9. The molecule has 2 atom stereocenters. The maximum absolute atomic E-state index is 15.7. The molecule has 7 heteroatoms. The lowest BCUT2D eigenvalue weighted by atomic mass is 9.86. The molecule has 0 saturated heterocycles. The number of nitrogens with one attached hydrogen (secondary N) is 2. The van der Waals surface area contributed by atoms with Crippen molar-refractivity contribution in [2.45, 2.75) is 32.4 Å². The zero-order valence-corrected chi connectivity index (χ0v) is 15.2. The minimum Gasteiger partial charge on any atom is -0.383 e. The van der Waals surface area contributed by atoms with Gasteiger partial charge in [-0.3, -0.25) is 4.57 Å². The van der Waals surface area contributed by atoms with Crippen LogP contribution in [-0.2, 0) is 5.54 Å². The number of benzene rings is 1. The first-order valence-corrected chi connectivity index (χ1v) is 8.93. The third-order valence-electron chi connectivity index (χ3n) is 5.46. The number of aryl methyl sites for hydroxylation is 1. The summed E-state index contributed by atoms with van der Waals surface area (Å²) in [6, 6.07) is 1.39. The number of rotatable bonds is 1. The van der Waals surface area contributed by atoms with E-state index < -0.39 is 17.2 Å². The topological polar surface area (TPSA) is 54.8 Å². The van der Waals surface area contributed by atoms with Crippen molar-refractivity contribution in [3.8, 4) is 5.69 Å². The summed E-state index contributed by atoms with van der Waals surface area (Å²) >= 11 is 0. The Morgan fingerprint density at radius 1 is 1.15 bits per heavy atom. The molecule has 138 valence electrons. The van der Waals surface area contributed by atoms with E-state index in [-0.39, 0.29) is 23.2 Å². The van der Waals surface area contributed by atoms with Gasteiger partial charge in [0.05, 0.1) is 22.8 Å². The predicted octanol–water partition coefficient (Wildman–Crippen LogP) is 3.57. The fourth-order valence-corrected chi connectivity index (χ4v) is 4.20. The number of aromatic nitrogens is 3. The fraction of sp³-hybridized carbons (Fsp3) is 0.300. The van der Waals surface area contributed by atoms with Crippen LogP contribution in [0.4, 0.5) is 14.5 Å². The molecule has 2 N–H and O–H groups in total. The summed E-state index contributed by atoms with van der Waals surface area (Å²) < 4.78 is 32.5. The monoisotopic (exact) mass is 367 g/mol. The van der Waals surface area contributed by atoms with Gasteiger partial charge in [-0.05, 0) is 32.4 Å². The summed E-state index contributed by atoms with van der Waals surface area (Å²) in [5, 5.41) is 14.7. The van der Waals surface area contributed by atoms with Gasteiger partial charge in [0.1, 0.15) is 17.3 Å². The van der Waals surface area contributed by atoms with E-state index in [1.54, 1.807) is 17.7 Å². The number of hydrogen-bond donors (Lipinski definition) is 2. The van der Waals surface area contributed by atoms with Crippen LogP contribution in [0.2, 0.25) is 0 Å². The van der Waals surface area contributed by atoms with Gasteiger partial charge in [0.15, 0.2) is 11.6 Å². The molecule has 0 spiro atoms. The second-order valence-electron chi connectivity index (χ2n) is 7.69. The molecule has 0 radical (unpaired) electrons. The largest absolute Gasteiger partial charge is 0.383 e. The molecule has 5 rings (SSSR count). The van der Waals surface area contributed by atoms with Gasteiger partial charge in [-0.25, -0.2) is 8.78 Å². The standard InChI is InChI=1S/C20H19F2N5/c1-10-25-26-19-20(2,3)24-15-8-13(21)16(17(22)18(15)27(10)19)12-9-23-14-7-5-4-6-11(12)14/h4-9,11,14,23-24H,1-3H3. The Labute approximate surface area is 155 Å². The van der Waals surface area contributed by atoms with Crippen LogP contribution in [0.3, 0.4) is 0 Å². The van der Waals surface area contributed by atoms with Gasteiger partial charge in [-0.1, -0.05) is 24.3 Å². The number of halogens is 2. The number of anilines is 1. The van der Waals surface area contributed by atoms with Crippen molar-refractivity contribution >= 4 is 11.3 Å². The summed E-state index contributed by atoms with van der Waals surface area (Å²) in [5.41, 5.74) is 0.675. The van der Waals surface area contributed by atoms with E-state index in [1.165, 1.54) is 6.07 Å². The Morgan fingerprint density at radius 3 is 2.74 bits per heavy atom. The van der Waals surface area contributed by atoms with E-state index in [1.807, 2.05) is 38.2 Å². The minimum atomic E-state index is -0.603. The molecule has 0 amide bonds. The summed E-state index contributed by atoms with van der Waals surface area (Å²) in [7, 11) is 0. The molecule has 0 fully saturated rings. The van der Waals surface area contributed by atoms with Crippen molar-refractivity contribution in [3.05, 3.63) is 65.4 Å². The second-order valence-corrected chi connectivity index (χ2v) is 7.69. The molecule has 5 nitrogen and oxygen atoms in total. The van der Waals surface area contributed by atoms with Crippen molar-refractivity contribution in [1.82, 2.24) is 20.1 Å². The van der Waals surface area contributed by atoms with Crippen molar-refractivity contribution in [1.29, 1.82) is 0 Å². The smallest absolute Gasteiger partial charge is 0.162 e. The van der Waals surface area contributed by atoms with Crippen LogP contribution in [0.1, 0.15) is 31.1 Å². The SMILES string of the molecule is Cc1nnc2n1-c1c(cc(F)c(C3=CNC4C=CC=CC34)c1F)NC2(C)C. The summed E-state index contributed by atoms with van der Waals surface area (Å²) in [5.74, 6) is -0.129. The molecule has 1 aliphatic carbocycles. The third-order valence-corrected chi connectivity index (χ3v) is 5.46. The highest BCUT2D eigenvalue weighted by Crippen LogP contribution is 2.43. The van der Waals surface area contributed by atoms with Crippen molar-refractivity contribution < 1.29 is 8.78 Å². The Bertz CT molecular complexity index is 1060. The van der Waals surface area contributed by atoms with Crippen LogP contribution in [0.25, 0.3) is 11.3 Å². The Balaban J connectivity index is 1.74. The van der Waals surface area contributed by atoms with E-state index in [0.717, 1.165) is 0 Å². The average molecular weight is 367 g/mol. The molecule has 2 unspecified atom stereocenters. The van der Waals surface area contributed by atoms with Gasteiger partial charge in [-0.2, -0.15) is 0 Å². The van der Waals surface area contributed by atoms with Crippen molar-refractivity contribution in [3.63, 3.8) is 0 Å². The highest BCUT2D eigenvalue weighted by Gasteiger charge is 2.39. The summed E-state index contributed by atoms with van der Waals surface area (Å²) in [6.07, 6.45) is 9.51. The van der Waals surface area contributed by atoms with E-state index in [0.29, 0.717) is 22.9 Å².